The molecule has 2 aromatic rings. The number of nitrogen functional groups attached to an aromatic ring is 1. The van der Waals surface area contributed by atoms with E-state index in [9.17, 15) is 4.79 Å². The number of anilines is 1. The molecule has 0 aromatic carbocycles. The molecule has 0 atom stereocenters. The van der Waals surface area contributed by atoms with Crippen molar-refractivity contribution in [3.8, 4) is 0 Å². The molecule has 3 N–H and O–H groups in total. The van der Waals surface area contributed by atoms with Gasteiger partial charge < -0.3 is 10.7 Å². The van der Waals surface area contributed by atoms with Crippen LogP contribution in [-0.4, -0.2) is 19.9 Å². The minimum absolute atomic E-state index is 0.175. The maximum absolute atomic E-state index is 11.3. The van der Waals surface area contributed by atoms with Crippen LogP contribution in [0.2, 0.25) is 5.15 Å². The predicted molar refractivity (Wildman–Crippen MR) is 72.4 cm³/mol. The van der Waals surface area contributed by atoms with Crippen molar-refractivity contribution in [1.82, 2.24) is 19.9 Å². The SMILES string of the molecule is Nc1cc(=O)[nH]c(Sc2cc(Cl)nc(C3CC3)n2)n1. The molecular formula is C11H10ClN5OS. The number of hydrogen-bond donors (Lipinski definition) is 2. The first-order valence-electron chi connectivity index (χ1n) is 5.69. The molecule has 0 spiro atoms. The van der Waals surface area contributed by atoms with E-state index in [-0.39, 0.29) is 11.4 Å². The third-order valence-corrected chi connectivity index (χ3v) is 3.57. The highest BCUT2D eigenvalue weighted by molar-refractivity contribution is 7.99. The lowest BCUT2D eigenvalue weighted by molar-refractivity contribution is 0.871. The number of halogens is 1. The largest absolute Gasteiger partial charge is 0.383 e. The Morgan fingerprint density at radius 2 is 2.11 bits per heavy atom. The Labute approximate surface area is 117 Å². The van der Waals surface area contributed by atoms with Crippen LogP contribution in [0.4, 0.5) is 5.82 Å². The highest BCUT2D eigenvalue weighted by atomic mass is 35.5. The smallest absolute Gasteiger partial charge is 0.253 e. The third-order valence-electron chi connectivity index (χ3n) is 2.57. The molecule has 3 rings (SSSR count). The van der Waals surface area contributed by atoms with E-state index in [4.69, 9.17) is 17.3 Å². The molecule has 1 saturated carbocycles. The molecule has 0 amide bonds. The first-order chi connectivity index (χ1) is 9.10. The van der Waals surface area contributed by atoms with Gasteiger partial charge in [0.2, 0.25) is 0 Å². The zero-order valence-corrected chi connectivity index (χ0v) is 11.3. The lowest BCUT2D eigenvalue weighted by Crippen LogP contribution is -2.09. The van der Waals surface area contributed by atoms with Crippen molar-refractivity contribution >= 4 is 29.2 Å². The Kier molecular flexibility index (Phi) is 3.16. The minimum Gasteiger partial charge on any atom is -0.383 e. The molecule has 2 heterocycles. The second kappa shape index (κ2) is 4.82. The molecule has 1 fully saturated rings. The molecule has 2 aromatic heterocycles. The molecule has 1 aliphatic carbocycles. The van der Waals surface area contributed by atoms with Crippen molar-refractivity contribution < 1.29 is 0 Å². The summed E-state index contributed by atoms with van der Waals surface area (Å²) in [5, 5.41) is 1.43. The van der Waals surface area contributed by atoms with Gasteiger partial charge >= 0.3 is 0 Å². The van der Waals surface area contributed by atoms with Crippen LogP contribution in [0, 0.1) is 0 Å². The highest BCUT2D eigenvalue weighted by Gasteiger charge is 2.27. The van der Waals surface area contributed by atoms with Crippen molar-refractivity contribution in [1.29, 1.82) is 0 Å². The van der Waals surface area contributed by atoms with E-state index in [0.717, 1.165) is 18.7 Å². The van der Waals surface area contributed by atoms with Gasteiger partial charge in [0.25, 0.3) is 5.56 Å². The predicted octanol–water partition coefficient (Wildman–Crippen LogP) is 1.82. The van der Waals surface area contributed by atoms with E-state index in [2.05, 4.69) is 19.9 Å². The maximum atomic E-state index is 11.3. The number of aromatic amines is 1. The fourth-order valence-electron chi connectivity index (χ4n) is 1.59. The molecule has 0 radical (unpaired) electrons. The molecule has 0 aliphatic heterocycles. The molecule has 19 heavy (non-hydrogen) atoms. The standard InChI is InChI=1S/C11H10ClN5OS/c12-6-3-9(17-10(14-6)5-1-2-5)19-11-15-7(13)4-8(18)16-11/h3-5H,1-2H2,(H3,13,15,16,18). The number of hydrogen-bond acceptors (Lipinski definition) is 6. The van der Waals surface area contributed by atoms with Gasteiger partial charge in [-0.15, -0.1) is 0 Å². The lowest BCUT2D eigenvalue weighted by atomic mass is 10.4. The summed E-state index contributed by atoms with van der Waals surface area (Å²) in [5.74, 6) is 1.33. The summed E-state index contributed by atoms with van der Waals surface area (Å²) in [5.41, 5.74) is 5.23. The Hall–Kier alpha value is -1.60. The zero-order chi connectivity index (χ0) is 13.4. The van der Waals surface area contributed by atoms with Crippen LogP contribution in [0.25, 0.3) is 0 Å². The van der Waals surface area contributed by atoms with E-state index in [1.807, 2.05) is 0 Å². The van der Waals surface area contributed by atoms with Crippen LogP contribution in [-0.2, 0) is 0 Å². The van der Waals surface area contributed by atoms with Crippen LogP contribution >= 0.6 is 23.4 Å². The third kappa shape index (κ3) is 3.05. The van der Waals surface area contributed by atoms with E-state index >= 15 is 0 Å². The van der Waals surface area contributed by atoms with Crippen molar-refractivity contribution in [2.45, 2.75) is 28.9 Å². The van der Waals surface area contributed by atoms with Gasteiger partial charge in [-0.3, -0.25) is 4.79 Å². The second-order valence-corrected chi connectivity index (χ2v) is 5.64. The fourth-order valence-corrected chi connectivity index (χ4v) is 2.66. The van der Waals surface area contributed by atoms with Crippen molar-refractivity contribution in [3.63, 3.8) is 0 Å². The number of nitrogens with one attached hydrogen (secondary N) is 1. The summed E-state index contributed by atoms with van der Waals surface area (Å²) in [6.07, 6.45) is 2.19. The number of nitrogens with two attached hydrogens (primary N) is 1. The molecule has 8 heteroatoms. The molecule has 0 saturated heterocycles. The summed E-state index contributed by atoms with van der Waals surface area (Å²) < 4.78 is 0. The molecule has 0 bridgehead atoms. The van der Waals surface area contributed by atoms with Crippen LogP contribution in [0.5, 0.6) is 0 Å². The van der Waals surface area contributed by atoms with Gasteiger partial charge in [-0.2, -0.15) is 0 Å². The summed E-state index contributed by atoms with van der Waals surface area (Å²) in [6.45, 7) is 0. The van der Waals surface area contributed by atoms with Crippen molar-refractivity contribution in [2.24, 2.45) is 0 Å². The number of rotatable bonds is 3. The average molecular weight is 296 g/mol. The Bertz CT molecular complexity index is 685. The Morgan fingerprint density at radius 3 is 2.79 bits per heavy atom. The first kappa shape index (κ1) is 12.4. The summed E-state index contributed by atoms with van der Waals surface area (Å²) in [4.78, 5) is 26.5. The summed E-state index contributed by atoms with van der Waals surface area (Å²) in [6, 6.07) is 2.87. The maximum Gasteiger partial charge on any atom is 0.253 e. The molecular weight excluding hydrogens is 286 g/mol. The first-order valence-corrected chi connectivity index (χ1v) is 6.89. The minimum atomic E-state index is -0.294. The number of nitrogens with zero attached hydrogens (tertiary/aromatic N) is 3. The quantitative estimate of drug-likeness (QED) is 0.662. The van der Waals surface area contributed by atoms with E-state index < -0.39 is 0 Å². The van der Waals surface area contributed by atoms with Crippen molar-refractivity contribution in [3.05, 3.63) is 33.5 Å². The van der Waals surface area contributed by atoms with Crippen LogP contribution in [0.3, 0.4) is 0 Å². The van der Waals surface area contributed by atoms with Gasteiger partial charge in [-0.25, -0.2) is 15.0 Å². The zero-order valence-electron chi connectivity index (χ0n) is 9.76. The van der Waals surface area contributed by atoms with Gasteiger partial charge in [0.15, 0.2) is 5.16 Å². The number of aromatic nitrogens is 4. The monoisotopic (exact) mass is 295 g/mol. The number of H-pyrrole nitrogens is 1. The highest BCUT2D eigenvalue weighted by Crippen LogP contribution is 2.39. The topological polar surface area (TPSA) is 97.6 Å². The Balaban J connectivity index is 1.91. The van der Waals surface area contributed by atoms with E-state index in [1.165, 1.54) is 17.8 Å². The van der Waals surface area contributed by atoms with Gasteiger partial charge in [0, 0.05) is 18.1 Å². The van der Waals surface area contributed by atoms with Crippen LogP contribution in [0.1, 0.15) is 24.6 Å². The molecule has 1 aliphatic rings. The Morgan fingerprint density at radius 1 is 1.32 bits per heavy atom. The molecule has 0 unspecified atom stereocenters. The fraction of sp³-hybridized carbons (Fsp3) is 0.273. The van der Waals surface area contributed by atoms with E-state index in [0.29, 0.717) is 21.3 Å². The van der Waals surface area contributed by atoms with Gasteiger partial charge in [-0.05, 0) is 24.6 Å². The summed E-state index contributed by atoms with van der Waals surface area (Å²) in [7, 11) is 0. The van der Waals surface area contributed by atoms with Gasteiger partial charge in [0.05, 0.1) is 0 Å². The summed E-state index contributed by atoms with van der Waals surface area (Å²) >= 11 is 7.18. The van der Waals surface area contributed by atoms with Crippen LogP contribution < -0.4 is 11.3 Å². The normalized spacial score (nSPS) is 14.6. The van der Waals surface area contributed by atoms with Crippen molar-refractivity contribution in [2.75, 3.05) is 5.73 Å². The van der Waals surface area contributed by atoms with Crippen LogP contribution in [0.15, 0.2) is 27.1 Å². The molecule has 98 valence electrons. The molecule has 6 nitrogen and oxygen atoms in total. The van der Waals surface area contributed by atoms with Gasteiger partial charge in [-0.1, -0.05) is 11.6 Å². The average Bonchev–Trinajstić information content (AvgIpc) is 3.09. The lowest BCUT2D eigenvalue weighted by Gasteiger charge is -2.03. The van der Waals surface area contributed by atoms with E-state index in [1.54, 1.807) is 6.07 Å². The second-order valence-electron chi connectivity index (χ2n) is 4.24. The van der Waals surface area contributed by atoms with Gasteiger partial charge in [0.1, 0.15) is 21.8 Å².